The maximum atomic E-state index is 10.7. The molecule has 0 spiro atoms. The number of fused-ring (bicyclic) bond motifs is 1. The first-order valence-corrected chi connectivity index (χ1v) is 3.92. The Balaban J connectivity index is 0.000000245. The highest BCUT2D eigenvalue weighted by atomic mass is 16.9. The van der Waals surface area contributed by atoms with Crippen molar-refractivity contribution >= 4 is 11.0 Å². The van der Waals surface area contributed by atoms with E-state index in [0.717, 1.165) is 5.39 Å². The smallest absolute Gasteiger partial charge is 0.336 e. The molecule has 0 aliphatic heterocycles. The Morgan fingerprint density at radius 2 is 1.80 bits per heavy atom. The molecule has 2 aromatic rings. The molecule has 1 N–H and O–H groups in total. The number of hydrogen-bond acceptors (Lipinski definition) is 4. The van der Waals surface area contributed by atoms with Crippen molar-refractivity contribution in [3.63, 3.8) is 0 Å². The highest BCUT2D eigenvalue weighted by molar-refractivity contribution is 5.75. The van der Waals surface area contributed by atoms with E-state index in [0.29, 0.717) is 5.58 Å². The highest BCUT2D eigenvalue weighted by Gasteiger charge is 1.92. The lowest BCUT2D eigenvalue weighted by atomic mass is 10.2. The Morgan fingerprint density at radius 3 is 2.47 bits per heavy atom. The molecule has 15 heavy (non-hydrogen) atoms. The van der Waals surface area contributed by atoms with Gasteiger partial charge in [0.05, 0.1) is 0 Å². The number of para-hydroxylation sites is 1. The van der Waals surface area contributed by atoms with Crippen molar-refractivity contribution in [1.29, 1.82) is 0 Å². The zero-order valence-corrected chi connectivity index (χ0v) is 7.49. The van der Waals surface area contributed by atoms with Gasteiger partial charge in [-0.15, -0.1) is 10.1 Å². The molecule has 1 aromatic heterocycles. The molecule has 6 heteroatoms. The van der Waals surface area contributed by atoms with E-state index >= 15 is 0 Å². The van der Waals surface area contributed by atoms with Crippen molar-refractivity contribution in [3.05, 3.63) is 56.9 Å². The molecule has 0 radical (unpaired) electrons. The summed E-state index contributed by atoms with van der Waals surface area (Å²) in [6, 6.07) is 10.6. The number of rotatable bonds is 0. The summed E-state index contributed by atoms with van der Waals surface area (Å²) in [5, 5.41) is 14.6. The molecule has 0 atom stereocenters. The molecular formula is C9H7NO5. The van der Waals surface area contributed by atoms with E-state index in [4.69, 9.17) is 19.7 Å². The van der Waals surface area contributed by atoms with Crippen LogP contribution in [0.1, 0.15) is 0 Å². The average molecular weight is 209 g/mol. The molecule has 0 bridgehead atoms. The van der Waals surface area contributed by atoms with Crippen molar-refractivity contribution < 1.29 is 14.7 Å². The minimum Gasteiger partial charge on any atom is -0.423 e. The second-order valence-corrected chi connectivity index (χ2v) is 2.53. The summed E-state index contributed by atoms with van der Waals surface area (Å²) in [7, 11) is 0. The first-order chi connectivity index (χ1) is 7.09. The van der Waals surface area contributed by atoms with Gasteiger partial charge in [-0.1, -0.05) is 18.2 Å². The Kier molecular flexibility index (Phi) is 3.39. The van der Waals surface area contributed by atoms with E-state index in [1.165, 1.54) is 6.07 Å². The molecule has 0 amide bonds. The Labute approximate surface area is 83.5 Å². The average Bonchev–Trinajstić information content (AvgIpc) is 2.16. The van der Waals surface area contributed by atoms with E-state index in [9.17, 15) is 4.79 Å². The Morgan fingerprint density at radius 1 is 1.20 bits per heavy atom. The van der Waals surface area contributed by atoms with Gasteiger partial charge in [0.25, 0.3) is 5.09 Å². The predicted octanol–water partition coefficient (Wildman–Crippen LogP) is 1.45. The van der Waals surface area contributed by atoms with Gasteiger partial charge in [0.2, 0.25) is 0 Å². The van der Waals surface area contributed by atoms with Crippen LogP contribution in [-0.2, 0) is 0 Å². The lowest BCUT2D eigenvalue weighted by Crippen LogP contribution is -1.93. The van der Waals surface area contributed by atoms with Crippen LogP contribution in [0.3, 0.4) is 0 Å². The lowest BCUT2D eigenvalue weighted by molar-refractivity contribution is -0.742. The van der Waals surface area contributed by atoms with Crippen LogP contribution in [0.4, 0.5) is 0 Å². The van der Waals surface area contributed by atoms with Crippen LogP contribution in [0.2, 0.25) is 0 Å². The summed E-state index contributed by atoms with van der Waals surface area (Å²) in [4.78, 5) is 19.1. The van der Waals surface area contributed by atoms with Crippen molar-refractivity contribution in [3.8, 4) is 0 Å². The van der Waals surface area contributed by atoms with Gasteiger partial charge in [0.1, 0.15) is 5.58 Å². The molecule has 78 valence electrons. The zero-order valence-electron chi connectivity index (χ0n) is 7.49. The van der Waals surface area contributed by atoms with E-state index < -0.39 is 5.09 Å². The summed E-state index contributed by atoms with van der Waals surface area (Å²) < 4.78 is 4.91. The van der Waals surface area contributed by atoms with E-state index in [1.54, 1.807) is 12.1 Å². The van der Waals surface area contributed by atoms with Crippen LogP contribution in [0.15, 0.2) is 45.6 Å². The van der Waals surface area contributed by atoms with Gasteiger partial charge in [-0.3, -0.25) is 0 Å². The molecule has 1 heterocycles. The molecule has 0 aliphatic rings. The molecule has 0 aliphatic carbocycles. The van der Waals surface area contributed by atoms with Crippen LogP contribution in [0.25, 0.3) is 11.0 Å². The first kappa shape index (κ1) is 10.7. The van der Waals surface area contributed by atoms with Crippen molar-refractivity contribution in [2.24, 2.45) is 0 Å². The molecule has 2 rings (SSSR count). The lowest BCUT2D eigenvalue weighted by Gasteiger charge is -1.91. The SMILES string of the molecule is O=[N+]([O-])O.O=c1ccc2ccccc2o1. The van der Waals surface area contributed by atoms with Gasteiger partial charge in [0.15, 0.2) is 0 Å². The van der Waals surface area contributed by atoms with Crippen LogP contribution >= 0.6 is 0 Å². The predicted molar refractivity (Wildman–Crippen MR) is 51.3 cm³/mol. The summed E-state index contributed by atoms with van der Waals surface area (Å²) in [6.45, 7) is 0. The third kappa shape index (κ3) is 3.47. The fraction of sp³-hybridized carbons (Fsp3) is 0. The normalized spacial score (nSPS) is 9.07. The van der Waals surface area contributed by atoms with Gasteiger partial charge in [0, 0.05) is 11.5 Å². The van der Waals surface area contributed by atoms with Crippen LogP contribution < -0.4 is 5.63 Å². The second-order valence-electron chi connectivity index (χ2n) is 2.53. The number of benzene rings is 1. The van der Waals surface area contributed by atoms with E-state index in [1.807, 2.05) is 18.2 Å². The maximum absolute atomic E-state index is 10.7. The first-order valence-electron chi connectivity index (χ1n) is 3.92. The van der Waals surface area contributed by atoms with Gasteiger partial charge in [-0.05, 0) is 12.1 Å². The molecule has 0 saturated heterocycles. The molecule has 1 aromatic carbocycles. The third-order valence-electron chi connectivity index (χ3n) is 1.53. The minimum atomic E-state index is -1.50. The standard InChI is InChI=1S/C9H6O2.HNO3/c10-9-6-5-7-3-1-2-4-8(7)11-9;2-1(3)4/h1-6H;(H,2,3,4). The van der Waals surface area contributed by atoms with Gasteiger partial charge in [-0.2, -0.15) is 0 Å². The van der Waals surface area contributed by atoms with Crippen LogP contribution in [-0.4, -0.2) is 10.3 Å². The highest BCUT2D eigenvalue weighted by Crippen LogP contribution is 2.08. The largest absolute Gasteiger partial charge is 0.423 e. The van der Waals surface area contributed by atoms with Crippen molar-refractivity contribution in [2.75, 3.05) is 0 Å². The van der Waals surface area contributed by atoms with Crippen molar-refractivity contribution in [1.82, 2.24) is 0 Å². The fourth-order valence-corrected chi connectivity index (χ4v) is 1.01. The molecular weight excluding hydrogens is 202 g/mol. The second kappa shape index (κ2) is 4.75. The summed E-state index contributed by atoms with van der Waals surface area (Å²) >= 11 is 0. The Hall–Kier alpha value is -2.37. The number of hydrogen-bond donors (Lipinski definition) is 1. The maximum Gasteiger partial charge on any atom is 0.336 e. The Bertz CT molecular complexity index is 515. The van der Waals surface area contributed by atoms with Crippen LogP contribution in [0, 0.1) is 10.1 Å². The topological polar surface area (TPSA) is 93.6 Å². The molecule has 0 saturated carbocycles. The molecule has 0 unspecified atom stereocenters. The fourth-order valence-electron chi connectivity index (χ4n) is 1.01. The van der Waals surface area contributed by atoms with E-state index in [2.05, 4.69) is 0 Å². The zero-order chi connectivity index (χ0) is 11.3. The summed E-state index contributed by atoms with van der Waals surface area (Å²) in [5.74, 6) is 0. The number of nitrogens with zero attached hydrogens (tertiary/aromatic N) is 1. The minimum absolute atomic E-state index is 0.302. The van der Waals surface area contributed by atoms with E-state index in [-0.39, 0.29) is 5.63 Å². The van der Waals surface area contributed by atoms with Gasteiger partial charge < -0.3 is 9.62 Å². The molecule has 6 nitrogen and oxygen atoms in total. The van der Waals surface area contributed by atoms with Crippen LogP contribution in [0.5, 0.6) is 0 Å². The van der Waals surface area contributed by atoms with Crippen molar-refractivity contribution in [2.45, 2.75) is 0 Å². The quantitative estimate of drug-likeness (QED) is 0.402. The van der Waals surface area contributed by atoms with Gasteiger partial charge in [-0.25, -0.2) is 4.79 Å². The van der Waals surface area contributed by atoms with Gasteiger partial charge >= 0.3 is 5.63 Å². The monoisotopic (exact) mass is 209 g/mol. The summed E-state index contributed by atoms with van der Waals surface area (Å²) in [6.07, 6.45) is 0. The summed E-state index contributed by atoms with van der Waals surface area (Å²) in [5.41, 5.74) is 0.337. The molecule has 0 fully saturated rings. The third-order valence-corrected chi connectivity index (χ3v) is 1.53.